The third-order valence-corrected chi connectivity index (χ3v) is 6.44. The van der Waals surface area contributed by atoms with Crippen molar-refractivity contribution >= 4 is 29.3 Å². The first-order valence-electron chi connectivity index (χ1n) is 12.2. The first-order chi connectivity index (χ1) is 15.6. The standard InChI is InChI=1S/C29H38N2O/c1-5-30(6-2)26-17-13-23(14-18-26)21-25-11-9-10-12-29(32)28(25)22-24-15-19-27(20-16-24)31(7-3)8-4/h13-22H,5-12H2,1-4H3. The molecule has 3 heteroatoms. The quantitative estimate of drug-likeness (QED) is 0.333. The van der Waals surface area contributed by atoms with Gasteiger partial charge in [-0.25, -0.2) is 0 Å². The summed E-state index contributed by atoms with van der Waals surface area (Å²) in [5.41, 5.74) is 6.77. The van der Waals surface area contributed by atoms with Crippen LogP contribution < -0.4 is 9.80 Å². The molecule has 0 unspecified atom stereocenters. The summed E-state index contributed by atoms with van der Waals surface area (Å²) >= 11 is 0. The zero-order valence-corrected chi connectivity index (χ0v) is 20.2. The van der Waals surface area contributed by atoms with Gasteiger partial charge in [-0.05, 0) is 94.0 Å². The third kappa shape index (κ3) is 5.91. The molecule has 0 N–H and O–H groups in total. The molecular formula is C29H38N2O. The SMILES string of the molecule is CCN(CC)c1ccc(C=C2CCCCC(=O)C2=Cc2ccc(N(CC)CC)cc2)cc1. The topological polar surface area (TPSA) is 23.6 Å². The lowest BCUT2D eigenvalue weighted by Crippen LogP contribution is -2.21. The maximum atomic E-state index is 13.0. The Labute approximate surface area is 194 Å². The van der Waals surface area contributed by atoms with Crippen LogP contribution in [0.25, 0.3) is 12.2 Å². The largest absolute Gasteiger partial charge is 0.372 e. The van der Waals surface area contributed by atoms with Crippen LogP contribution in [-0.2, 0) is 4.79 Å². The highest BCUT2D eigenvalue weighted by Gasteiger charge is 2.18. The second-order valence-electron chi connectivity index (χ2n) is 8.39. The fourth-order valence-electron chi connectivity index (χ4n) is 4.48. The number of anilines is 2. The number of ketones is 1. The van der Waals surface area contributed by atoms with Crippen molar-refractivity contribution in [3.05, 3.63) is 70.8 Å². The Kier molecular flexibility index (Phi) is 8.72. The molecular weight excluding hydrogens is 392 g/mol. The summed E-state index contributed by atoms with van der Waals surface area (Å²) in [4.78, 5) is 17.7. The molecule has 170 valence electrons. The van der Waals surface area contributed by atoms with Gasteiger partial charge in [0.15, 0.2) is 5.78 Å². The molecule has 2 aromatic carbocycles. The molecule has 0 aliphatic heterocycles. The van der Waals surface area contributed by atoms with Gasteiger partial charge in [0.1, 0.15) is 0 Å². The fraction of sp³-hybridized carbons (Fsp3) is 0.414. The number of allylic oxidation sites excluding steroid dienone is 2. The van der Waals surface area contributed by atoms with E-state index in [2.05, 4.69) is 98.2 Å². The van der Waals surface area contributed by atoms with Gasteiger partial charge in [-0.3, -0.25) is 4.79 Å². The summed E-state index contributed by atoms with van der Waals surface area (Å²) in [6.45, 7) is 12.7. The van der Waals surface area contributed by atoms with E-state index in [-0.39, 0.29) is 5.78 Å². The summed E-state index contributed by atoms with van der Waals surface area (Å²) in [5.74, 6) is 0.265. The van der Waals surface area contributed by atoms with Crippen LogP contribution in [0.3, 0.4) is 0 Å². The van der Waals surface area contributed by atoms with E-state index < -0.39 is 0 Å². The van der Waals surface area contributed by atoms with Crippen molar-refractivity contribution in [1.82, 2.24) is 0 Å². The minimum atomic E-state index is 0.265. The molecule has 0 atom stereocenters. The molecule has 0 aromatic heterocycles. The number of carbonyl (C=O) groups is 1. The predicted octanol–water partition coefficient (Wildman–Crippen LogP) is 6.99. The van der Waals surface area contributed by atoms with Gasteiger partial charge in [-0.1, -0.05) is 30.3 Å². The number of rotatable bonds is 8. The highest BCUT2D eigenvalue weighted by molar-refractivity contribution is 6.05. The van der Waals surface area contributed by atoms with Crippen LogP contribution in [0.1, 0.15) is 64.5 Å². The van der Waals surface area contributed by atoms with Crippen molar-refractivity contribution in [3.8, 4) is 0 Å². The summed E-state index contributed by atoms with van der Waals surface area (Å²) < 4.78 is 0. The van der Waals surface area contributed by atoms with Crippen LogP contribution in [0.4, 0.5) is 11.4 Å². The van der Waals surface area contributed by atoms with Gasteiger partial charge in [0.25, 0.3) is 0 Å². The Hall–Kier alpha value is -2.81. The molecule has 1 aliphatic rings. The highest BCUT2D eigenvalue weighted by Crippen LogP contribution is 2.30. The lowest BCUT2D eigenvalue weighted by Gasteiger charge is -2.21. The summed E-state index contributed by atoms with van der Waals surface area (Å²) in [5, 5.41) is 0. The van der Waals surface area contributed by atoms with Crippen LogP contribution >= 0.6 is 0 Å². The van der Waals surface area contributed by atoms with Crippen LogP contribution in [-0.4, -0.2) is 32.0 Å². The van der Waals surface area contributed by atoms with E-state index in [9.17, 15) is 4.79 Å². The molecule has 0 heterocycles. The van der Waals surface area contributed by atoms with Crippen LogP contribution in [0.15, 0.2) is 59.7 Å². The zero-order valence-electron chi connectivity index (χ0n) is 20.2. The van der Waals surface area contributed by atoms with Gasteiger partial charge < -0.3 is 9.80 Å². The Morgan fingerprint density at radius 2 is 1.09 bits per heavy atom. The number of benzene rings is 2. The molecule has 3 nitrogen and oxygen atoms in total. The smallest absolute Gasteiger partial charge is 0.163 e. The maximum Gasteiger partial charge on any atom is 0.163 e. The lowest BCUT2D eigenvalue weighted by molar-refractivity contribution is -0.115. The Morgan fingerprint density at radius 1 is 0.656 bits per heavy atom. The lowest BCUT2D eigenvalue weighted by atomic mass is 9.95. The van der Waals surface area contributed by atoms with Crippen molar-refractivity contribution in [2.75, 3.05) is 36.0 Å². The van der Waals surface area contributed by atoms with Crippen molar-refractivity contribution in [1.29, 1.82) is 0 Å². The first kappa shape index (κ1) is 23.8. The van der Waals surface area contributed by atoms with E-state index in [0.29, 0.717) is 6.42 Å². The fourth-order valence-corrected chi connectivity index (χ4v) is 4.48. The van der Waals surface area contributed by atoms with Gasteiger partial charge in [-0.2, -0.15) is 0 Å². The molecule has 0 saturated heterocycles. The van der Waals surface area contributed by atoms with Crippen LogP contribution in [0.2, 0.25) is 0 Å². The Bertz CT molecular complexity index is 930. The minimum absolute atomic E-state index is 0.265. The number of hydrogen-bond donors (Lipinski definition) is 0. The van der Waals surface area contributed by atoms with E-state index in [1.165, 1.54) is 11.4 Å². The summed E-state index contributed by atoms with van der Waals surface area (Å²) in [6.07, 6.45) is 7.93. The molecule has 0 amide bonds. The Balaban J connectivity index is 1.91. The van der Waals surface area contributed by atoms with E-state index in [0.717, 1.165) is 67.7 Å². The van der Waals surface area contributed by atoms with Crippen molar-refractivity contribution in [2.45, 2.75) is 53.4 Å². The normalized spacial score (nSPS) is 16.9. The molecule has 32 heavy (non-hydrogen) atoms. The molecule has 0 bridgehead atoms. The van der Waals surface area contributed by atoms with Crippen LogP contribution in [0, 0.1) is 0 Å². The zero-order chi connectivity index (χ0) is 22.9. The summed E-state index contributed by atoms with van der Waals surface area (Å²) in [7, 11) is 0. The van der Waals surface area contributed by atoms with Gasteiger partial charge >= 0.3 is 0 Å². The molecule has 0 radical (unpaired) electrons. The summed E-state index contributed by atoms with van der Waals surface area (Å²) in [6, 6.07) is 17.3. The minimum Gasteiger partial charge on any atom is -0.372 e. The molecule has 3 rings (SSSR count). The molecule has 0 spiro atoms. The van der Waals surface area contributed by atoms with Gasteiger partial charge in [0, 0.05) is 49.5 Å². The van der Waals surface area contributed by atoms with Crippen molar-refractivity contribution in [3.63, 3.8) is 0 Å². The molecule has 1 aliphatic carbocycles. The van der Waals surface area contributed by atoms with Gasteiger partial charge in [0.2, 0.25) is 0 Å². The number of carbonyl (C=O) groups excluding carboxylic acids is 1. The van der Waals surface area contributed by atoms with E-state index in [1.54, 1.807) is 0 Å². The van der Waals surface area contributed by atoms with Crippen molar-refractivity contribution < 1.29 is 4.79 Å². The molecule has 1 saturated carbocycles. The monoisotopic (exact) mass is 430 g/mol. The molecule has 1 fully saturated rings. The van der Waals surface area contributed by atoms with Crippen LogP contribution in [0.5, 0.6) is 0 Å². The first-order valence-corrected chi connectivity index (χ1v) is 12.2. The molecule has 2 aromatic rings. The Morgan fingerprint density at radius 3 is 1.56 bits per heavy atom. The van der Waals surface area contributed by atoms with Crippen molar-refractivity contribution in [2.24, 2.45) is 0 Å². The average molecular weight is 431 g/mol. The predicted molar refractivity (Wildman–Crippen MR) is 139 cm³/mol. The number of nitrogens with zero attached hydrogens (tertiary/aromatic N) is 2. The van der Waals surface area contributed by atoms with Gasteiger partial charge in [0.05, 0.1) is 0 Å². The number of Topliss-reactive ketones (excluding diaryl/α,β-unsaturated/α-hetero) is 1. The van der Waals surface area contributed by atoms with E-state index in [1.807, 2.05) is 0 Å². The second kappa shape index (κ2) is 11.7. The second-order valence-corrected chi connectivity index (χ2v) is 8.39. The average Bonchev–Trinajstić information content (AvgIpc) is 2.99. The highest BCUT2D eigenvalue weighted by atomic mass is 16.1. The third-order valence-electron chi connectivity index (χ3n) is 6.44. The van der Waals surface area contributed by atoms with E-state index >= 15 is 0 Å². The van der Waals surface area contributed by atoms with E-state index in [4.69, 9.17) is 0 Å². The number of hydrogen-bond acceptors (Lipinski definition) is 3. The van der Waals surface area contributed by atoms with Gasteiger partial charge in [-0.15, -0.1) is 0 Å². The maximum absolute atomic E-state index is 13.0.